The summed E-state index contributed by atoms with van der Waals surface area (Å²) in [6.45, 7) is 7.33. The molecule has 2 aromatic rings. The smallest absolute Gasteiger partial charge is 0.231 e. The molecule has 27 heavy (non-hydrogen) atoms. The monoisotopic (exact) mass is 371 g/mol. The Bertz CT molecular complexity index is 888. The Morgan fingerprint density at radius 1 is 1.33 bits per heavy atom. The summed E-state index contributed by atoms with van der Waals surface area (Å²) >= 11 is 0. The van der Waals surface area contributed by atoms with Crippen molar-refractivity contribution in [1.29, 1.82) is 0 Å². The molecule has 1 amide bonds. The summed E-state index contributed by atoms with van der Waals surface area (Å²) in [5, 5.41) is 7.73. The molecule has 4 rings (SSSR count). The number of nitrogens with zero attached hydrogens (tertiary/aromatic N) is 2. The SMILES string of the molecule is COc1cc2c(cc1C1CC(=O)Nc3c1c(C)nn3CCC(C)C)OCO2. The Labute approximate surface area is 158 Å². The van der Waals surface area contributed by atoms with Crippen LogP contribution >= 0.6 is 0 Å². The van der Waals surface area contributed by atoms with Crippen molar-refractivity contribution in [2.24, 2.45) is 5.92 Å². The van der Waals surface area contributed by atoms with Crippen LogP contribution in [0.2, 0.25) is 0 Å². The highest BCUT2D eigenvalue weighted by atomic mass is 16.7. The summed E-state index contributed by atoms with van der Waals surface area (Å²) in [6, 6.07) is 3.77. The molecule has 0 saturated carbocycles. The zero-order valence-electron chi connectivity index (χ0n) is 16.2. The van der Waals surface area contributed by atoms with Gasteiger partial charge in [0.1, 0.15) is 11.6 Å². The van der Waals surface area contributed by atoms with Crippen molar-refractivity contribution in [3.05, 3.63) is 29.0 Å². The van der Waals surface area contributed by atoms with E-state index in [0.717, 1.165) is 35.6 Å². The maximum atomic E-state index is 12.5. The van der Waals surface area contributed by atoms with Gasteiger partial charge in [0.15, 0.2) is 11.5 Å². The predicted molar refractivity (Wildman–Crippen MR) is 101 cm³/mol. The molecule has 0 radical (unpaired) electrons. The molecule has 1 aromatic carbocycles. The lowest BCUT2D eigenvalue weighted by molar-refractivity contribution is -0.116. The summed E-state index contributed by atoms with van der Waals surface area (Å²) in [6.07, 6.45) is 1.35. The minimum absolute atomic E-state index is 0.0158. The number of hydrogen-bond donors (Lipinski definition) is 1. The van der Waals surface area contributed by atoms with Gasteiger partial charge < -0.3 is 19.5 Å². The van der Waals surface area contributed by atoms with Gasteiger partial charge in [0.2, 0.25) is 12.7 Å². The third kappa shape index (κ3) is 3.11. The van der Waals surface area contributed by atoms with Gasteiger partial charge in [-0.25, -0.2) is 4.68 Å². The minimum Gasteiger partial charge on any atom is -0.496 e. The number of methoxy groups -OCH3 is 1. The van der Waals surface area contributed by atoms with Gasteiger partial charge in [-0.3, -0.25) is 4.79 Å². The van der Waals surface area contributed by atoms with Gasteiger partial charge in [-0.1, -0.05) is 13.8 Å². The van der Waals surface area contributed by atoms with Gasteiger partial charge in [0.05, 0.1) is 12.8 Å². The molecule has 2 aliphatic rings. The van der Waals surface area contributed by atoms with Crippen LogP contribution in [-0.4, -0.2) is 29.6 Å². The Balaban J connectivity index is 1.79. The van der Waals surface area contributed by atoms with E-state index in [1.807, 2.05) is 23.7 Å². The van der Waals surface area contributed by atoms with E-state index in [2.05, 4.69) is 19.2 Å². The molecule has 0 aliphatic carbocycles. The number of ether oxygens (including phenoxy) is 3. The van der Waals surface area contributed by atoms with Gasteiger partial charge >= 0.3 is 0 Å². The van der Waals surface area contributed by atoms with E-state index in [1.54, 1.807) is 7.11 Å². The van der Waals surface area contributed by atoms with Gasteiger partial charge in [-0.15, -0.1) is 0 Å². The third-order valence-corrected chi connectivity index (χ3v) is 5.19. The zero-order chi connectivity index (χ0) is 19.1. The minimum atomic E-state index is -0.133. The Hall–Kier alpha value is -2.70. The van der Waals surface area contributed by atoms with Crippen molar-refractivity contribution >= 4 is 11.7 Å². The second-order valence-electron chi connectivity index (χ2n) is 7.51. The van der Waals surface area contributed by atoms with Crippen LogP contribution < -0.4 is 19.5 Å². The fraction of sp³-hybridized carbons (Fsp3) is 0.500. The van der Waals surface area contributed by atoms with E-state index >= 15 is 0 Å². The van der Waals surface area contributed by atoms with E-state index < -0.39 is 0 Å². The van der Waals surface area contributed by atoms with Crippen molar-refractivity contribution in [3.63, 3.8) is 0 Å². The third-order valence-electron chi connectivity index (χ3n) is 5.19. The molecule has 1 atom stereocenters. The van der Waals surface area contributed by atoms with Crippen LogP contribution in [-0.2, 0) is 11.3 Å². The maximum absolute atomic E-state index is 12.5. The number of nitrogens with one attached hydrogen (secondary N) is 1. The Kier molecular flexibility index (Phi) is 4.45. The highest BCUT2D eigenvalue weighted by Gasteiger charge is 2.35. The molecular formula is C20H25N3O4. The molecule has 2 aliphatic heterocycles. The van der Waals surface area contributed by atoms with E-state index in [4.69, 9.17) is 19.3 Å². The molecule has 0 bridgehead atoms. The molecule has 1 aromatic heterocycles. The molecule has 7 nitrogen and oxygen atoms in total. The molecule has 7 heteroatoms. The first-order valence-electron chi connectivity index (χ1n) is 9.32. The number of benzene rings is 1. The normalized spacial score (nSPS) is 17.8. The molecular weight excluding hydrogens is 346 g/mol. The van der Waals surface area contributed by atoms with Crippen molar-refractivity contribution in [2.75, 3.05) is 19.2 Å². The molecule has 3 heterocycles. The summed E-state index contributed by atoms with van der Waals surface area (Å²) in [5.74, 6) is 3.26. The standard InChI is InChI=1S/C20H25N3O4/c1-11(2)5-6-23-20-19(12(3)22-23)14(8-18(24)21-20)13-7-16-17(27-10-26-16)9-15(13)25-4/h7,9,11,14H,5-6,8,10H2,1-4H3,(H,21,24). The first-order chi connectivity index (χ1) is 13.0. The fourth-order valence-corrected chi connectivity index (χ4v) is 3.81. The van der Waals surface area contributed by atoms with Crippen LogP contribution in [0.3, 0.4) is 0 Å². The van der Waals surface area contributed by atoms with Crippen LogP contribution in [0.25, 0.3) is 0 Å². The predicted octanol–water partition coefficient (Wildman–Crippen LogP) is 3.45. The molecule has 1 N–H and O–H groups in total. The Morgan fingerprint density at radius 2 is 2.07 bits per heavy atom. The van der Waals surface area contributed by atoms with Crippen LogP contribution in [0.5, 0.6) is 17.2 Å². The summed E-state index contributed by atoms with van der Waals surface area (Å²) in [5.41, 5.74) is 2.90. The number of fused-ring (bicyclic) bond motifs is 2. The number of aryl methyl sites for hydroxylation is 2. The van der Waals surface area contributed by atoms with Crippen molar-refractivity contribution in [2.45, 2.75) is 46.1 Å². The lowest BCUT2D eigenvalue weighted by atomic mass is 9.85. The first-order valence-corrected chi connectivity index (χ1v) is 9.32. The van der Waals surface area contributed by atoms with E-state index in [-0.39, 0.29) is 18.6 Å². The van der Waals surface area contributed by atoms with Gasteiger partial charge in [0.25, 0.3) is 0 Å². The van der Waals surface area contributed by atoms with Crippen molar-refractivity contribution < 1.29 is 19.0 Å². The summed E-state index contributed by atoms with van der Waals surface area (Å²) < 4.78 is 18.5. The van der Waals surface area contributed by atoms with E-state index in [0.29, 0.717) is 29.6 Å². The average molecular weight is 371 g/mol. The number of hydrogen-bond acceptors (Lipinski definition) is 5. The van der Waals surface area contributed by atoms with Gasteiger partial charge in [-0.2, -0.15) is 5.10 Å². The topological polar surface area (TPSA) is 74.6 Å². The number of aromatic nitrogens is 2. The van der Waals surface area contributed by atoms with Gasteiger partial charge in [0, 0.05) is 36.1 Å². The van der Waals surface area contributed by atoms with Crippen LogP contribution in [0.15, 0.2) is 12.1 Å². The summed E-state index contributed by atoms with van der Waals surface area (Å²) in [4.78, 5) is 12.5. The molecule has 1 unspecified atom stereocenters. The van der Waals surface area contributed by atoms with Crippen LogP contribution in [0.1, 0.15) is 49.4 Å². The van der Waals surface area contributed by atoms with E-state index in [9.17, 15) is 4.79 Å². The highest BCUT2D eigenvalue weighted by molar-refractivity contribution is 5.94. The number of rotatable bonds is 5. The lowest BCUT2D eigenvalue weighted by Gasteiger charge is -2.26. The highest BCUT2D eigenvalue weighted by Crippen LogP contribution is 2.47. The maximum Gasteiger partial charge on any atom is 0.231 e. The second-order valence-corrected chi connectivity index (χ2v) is 7.51. The molecule has 0 spiro atoms. The molecule has 0 fully saturated rings. The van der Waals surface area contributed by atoms with Crippen molar-refractivity contribution in [1.82, 2.24) is 9.78 Å². The molecule has 144 valence electrons. The van der Waals surface area contributed by atoms with Crippen LogP contribution in [0.4, 0.5) is 5.82 Å². The number of carbonyl (C=O) groups is 1. The quantitative estimate of drug-likeness (QED) is 0.871. The van der Waals surface area contributed by atoms with Crippen molar-refractivity contribution in [3.8, 4) is 17.2 Å². The summed E-state index contributed by atoms with van der Waals surface area (Å²) in [7, 11) is 1.63. The first kappa shape index (κ1) is 17.7. The lowest BCUT2D eigenvalue weighted by Crippen LogP contribution is -2.25. The number of amides is 1. The Morgan fingerprint density at radius 3 is 2.78 bits per heavy atom. The fourth-order valence-electron chi connectivity index (χ4n) is 3.81. The second kappa shape index (κ2) is 6.79. The molecule has 0 saturated heterocycles. The van der Waals surface area contributed by atoms with Gasteiger partial charge in [-0.05, 0) is 25.3 Å². The average Bonchev–Trinajstić information content (AvgIpc) is 3.22. The number of anilines is 1. The number of carbonyl (C=O) groups excluding carboxylic acids is 1. The van der Waals surface area contributed by atoms with E-state index in [1.165, 1.54) is 0 Å². The zero-order valence-corrected chi connectivity index (χ0v) is 16.2. The largest absolute Gasteiger partial charge is 0.496 e. The van der Waals surface area contributed by atoms with Crippen LogP contribution in [0, 0.1) is 12.8 Å².